The second kappa shape index (κ2) is 5.04. The third-order valence-corrected chi connectivity index (χ3v) is 4.55. The average Bonchev–Trinajstić information content (AvgIpc) is 2.30. The molecule has 0 radical (unpaired) electrons. The summed E-state index contributed by atoms with van der Waals surface area (Å²) in [4.78, 5) is 0. The topological polar surface area (TPSA) is 26.0 Å². The Labute approximate surface area is 96.4 Å². The van der Waals surface area contributed by atoms with Crippen LogP contribution in [0.3, 0.4) is 0 Å². The van der Waals surface area contributed by atoms with Crippen molar-refractivity contribution in [1.82, 2.24) is 0 Å². The Morgan fingerprint density at radius 3 is 2.93 bits per heavy atom. The molecule has 0 aliphatic carbocycles. The van der Waals surface area contributed by atoms with Crippen molar-refractivity contribution in [3.05, 3.63) is 35.4 Å². The van der Waals surface area contributed by atoms with Crippen LogP contribution in [0.5, 0.6) is 0 Å². The lowest BCUT2D eigenvalue weighted by molar-refractivity contribution is 0.454. The maximum absolute atomic E-state index is 5.87. The Bertz CT molecular complexity index is 324. The molecule has 1 fully saturated rings. The quantitative estimate of drug-likeness (QED) is 0.831. The van der Waals surface area contributed by atoms with E-state index in [1.165, 1.54) is 29.1 Å². The minimum Gasteiger partial charge on any atom is -0.330 e. The van der Waals surface area contributed by atoms with Gasteiger partial charge in [-0.15, -0.1) is 0 Å². The van der Waals surface area contributed by atoms with Crippen LogP contribution in [0.25, 0.3) is 0 Å². The summed E-state index contributed by atoms with van der Waals surface area (Å²) in [5, 5.41) is 0. The number of benzene rings is 1. The first-order valence-electron chi connectivity index (χ1n) is 5.66. The van der Waals surface area contributed by atoms with Crippen molar-refractivity contribution in [2.75, 3.05) is 18.1 Å². The standard InChI is InChI=1S/C13H19NS/c1-10-4-2-3-5-12(10)13-6-7-15-9-11(13)8-14/h2-5,11,13H,6-9,14H2,1H3. The Hall–Kier alpha value is -0.470. The van der Waals surface area contributed by atoms with E-state index in [-0.39, 0.29) is 0 Å². The molecule has 15 heavy (non-hydrogen) atoms. The van der Waals surface area contributed by atoms with Crippen LogP contribution in [0.2, 0.25) is 0 Å². The van der Waals surface area contributed by atoms with E-state index in [2.05, 4.69) is 43.0 Å². The van der Waals surface area contributed by atoms with Gasteiger partial charge >= 0.3 is 0 Å². The van der Waals surface area contributed by atoms with Crippen LogP contribution >= 0.6 is 11.8 Å². The fourth-order valence-electron chi connectivity index (χ4n) is 2.44. The highest BCUT2D eigenvalue weighted by molar-refractivity contribution is 7.99. The van der Waals surface area contributed by atoms with E-state index in [4.69, 9.17) is 5.73 Å². The van der Waals surface area contributed by atoms with Crippen LogP contribution in [0.15, 0.2) is 24.3 Å². The van der Waals surface area contributed by atoms with Gasteiger partial charge in [0.05, 0.1) is 0 Å². The van der Waals surface area contributed by atoms with Crippen LogP contribution in [0.4, 0.5) is 0 Å². The fraction of sp³-hybridized carbons (Fsp3) is 0.538. The maximum atomic E-state index is 5.87. The second-order valence-corrected chi connectivity index (χ2v) is 5.47. The van der Waals surface area contributed by atoms with Gasteiger partial charge in [0, 0.05) is 0 Å². The highest BCUT2D eigenvalue weighted by Gasteiger charge is 2.26. The van der Waals surface area contributed by atoms with E-state index >= 15 is 0 Å². The number of hydrogen-bond donors (Lipinski definition) is 1. The highest BCUT2D eigenvalue weighted by Crippen LogP contribution is 2.37. The Kier molecular flexibility index (Phi) is 3.71. The molecule has 1 aromatic rings. The molecule has 2 atom stereocenters. The predicted octanol–water partition coefficient (Wildman–Crippen LogP) is 2.79. The molecule has 0 amide bonds. The molecular formula is C13H19NS. The molecule has 1 nitrogen and oxygen atoms in total. The van der Waals surface area contributed by atoms with E-state index in [9.17, 15) is 0 Å². The first-order valence-corrected chi connectivity index (χ1v) is 6.81. The zero-order valence-corrected chi connectivity index (χ0v) is 10.1. The lowest BCUT2D eigenvalue weighted by Crippen LogP contribution is -2.28. The monoisotopic (exact) mass is 221 g/mol. The molecule has 1 aliphatic rings. The van der Waals surface area contributed by atoms with E-state index in [0.717, 1.165) is 6.54 Å². The molecule has 2 N–H and O–H groups in total. The molecule has 82 valence electrons. The normalized spacial score (nSPS) is 26.5. The average molecular weight is 221 g/mol. The van der Waals surface area contributed by atoms with E-state index in [1.807, 2.05) is 0 Å². The minimum atomic E-state index is 0.671. The van der Waals surface area contributed by atoms with E-state index in [1.54, 1.807) is 0 Å². The van der Waals surface area contributed by atoms with E-state index < -0.39 is 0 Å². The van der Waals surface area contributed by atoms with Gasteiger partial charge in [-0.2, -0.15) is 11.8 Å². The Morgan fingerprint density at radius 2 is 2.20 bits per heavy atom. The fourth-order valence-corrected chi connectivity index (χ4v) is 3.70. The first kappa shape index (κ1) is 11.0. The van der Waals surface area contributed by atoms with Crippen molar-refractivity contribution in [1.29, 1.82) is 0 Å². The lowest BCUT2D eigenvalue weighted by atomic mass is 9.82. The summed E-state index contributed by atoms with van der Waals surface area (Å²) in [7, 11) is 0. The van der Waals surface area contributed by atoms with Crippen molar-refractivity contribution in [3.8, 4) is 0 Å². The second-order valence-electron chi connectivity index (χ2n) is 4.32. The van der Waals surface area contributed by atoms with Crippen molar-refractivity contribution >= 4 is 11.8 Å². The Balaban J connectivity index is 2.24. The molecule has 1 heterocycles. The molecule has 2 heteroatoms. The van der Waals surface area contributed by atoms with Gasteiger partial charge in [-0.25, -0.2) is 0 Å². The zero-order valence-electron chi connectivity index (χ0n) is 9.28. The summed E-state index contributed by atoms with van der Waals surface area (Å²) in [6, 6.07) is 8.76. The van der Waals surface area contributed by atoms with Crippen molar-refractivity contribution in [2.24, 2.45) is 11.7 Å². The molecule has 0 saturated carbocycles. The van der Waals surface area contributed by atoms with Gasteiger partial charge in [0.2, 0.25) is 0 Å². The number of rotatable bonds is 2. The summed E-state index contributed by atoms with van der Waals surface area (Å²) in [5.74, 6) is 3.88. The van der Waals surface area contributed by atoms with Crippen LogP contribution in [0.1, 0.15) is 23.5 Å². The third-order valence-electron chi connectivity index (χ3n) is 3.36. The molecule has 1 aliphatic heterocycles. The van der Waals surface area contributed by atoms with Gasteiger partial charge in [0.25, 0.3) is 0 Å². The summed E-state index contributed by atoms with van der Waals surface area (Å²) in [6.45, 7) is 3.04. The number of aryl methyl sites for hydroxylation is 1. The molecular weight excluding hydrogens is 202 g/mol. The number of thioether (sulfide) groups is 1. The zero-order chi connectivity index (χ0) is 10.7. The summed E-state index contributed by atoms with van der Waals surface area (Å²) in [5.41, 5.74) is 8.81. The smallest absolute Gasteiger partial charge is 0.00212 e. The molecule has 0 spiro atoms. The lowest BCUT2D eigenvalue weighted by Gasteiger charge is -2.31. The van der Waals surface area contributed by atoms with Crippen LogP contribution < -0.4 is 5.73 Å². The van der Waals surface area contributed by atoms with Gasteiger partial charge in [0.15, 0.2) is 0 Å². The summed E-state index contributed by atoms with van der Waals surface area (Å²) < 4.78 is 0. The largest absolute Gasteiger partial charge is 0.330 e. The molecule has 1 saturated heterocycles. The molecule has 2 rings (SSSR count). The summed E-state index contributed by atoms with van der Waals surface area (Å²) >= 11 is 2.05. The highest BCUT2D eigenvalue weighted by atomic mass is 32.2. The van der Waals surface area contributed by atoms with Crippen molar-refractivity contribution in [2.45, 2.75) is 19.3 Å². The maximum Gasteiger partial charge on any atom is -0.00212 e. The summed E-state index contributed by atoms with van der Waals surface area (Å²) in [6.07, 6.45) is 1.29. The van der Waals surface area contributed by atoms with Gasteiger partial charge in [-0.3, -0.25) is 0 Å². The Morgan fingerprint density at radius 1 is 1.40 bits per heavy atom. The van der Waals surface area contributed by atoms with Crippen molar-refractivity contribution < 1.29 is 0 Å². The van der Waals surface area contributed by atoms with E-state index in [0.29, 0.717) is 11.8 Å². The number of hydrogen-bond acceptors (Lipinski definition) is 2. The van der Waals surface area contributed by atoms with Crippen LogP contribution in [-0.2, 0) is 0 Å². The van der Waals surface area contributed by atoms with Gasteiger partial charge < -0.3 is 5.73 Å². The minimum absolute atomic E-state index is 0.671. The SMILES string of the molecule is Cc1ccccc1C1CCSCC1CN. The molecule has 2 unspecified atom stereocenters. The van der Waals surface area contributed by atoms with Gasteiger partial charge in [-0.05, 0) is 54.4 Å². The van der Waals surface area contributed by atoms with Crippen LogP contribution in [-0.4, -0.2) is 18.1 Å². The number of nitrogens with two attached hydrogens (primary N) is 1. The third kappa shape index (κ3) is 2.37. The molecule has 0 aromatic heterocycles. The van der Waals surface area contributed by atoms with Crippen LogP contribution in [0, 0.1) is 12.8 Å². The molecule has 0 bridgehead atoms. The predicted molar refractivity (Wildman–Crippen MR) is 68.4 cm³/mol. The van der Waals surface area contributed by atoms with Gasteiger partial charge in [-0.1, -0.05) is 24.3 Å². The molecule has 1 aromatic carbocycles. The van der Waals surface area contributed by atoms with Crippen molar-refractivity contribution in [3.63, 3.8) is 0 Å². The first-order chi connectivity index (χ1) is 7.33. The van der Waals surface area contributed by atoms with Gasteiger partial charge in [0.1, 0.15) is 0 Å².